The van der Waals surface area contributed by atoms with E-state index in [9.17, 15) is 9.59 Å². The number of amides is 2. The first-order valence-electron chi connectivity index (χ1n) is 6.63. The molecule has 1 aliphatic heterocycles. The molecule has 102 valence electrons. The van der Waals surface area contributed by atoms with E-state index in [1.54, 1.807) is 0 Å². The third-order valence-corrected chi connectivity index (χ3v) is 3.04. The van der Waals surface area contributed by atoms with Crippen molar-refractivity contribution in [3.8, 4) is 0 Å². The predicted molar refractivity (Wildman–Crippen MR) is 75.0 cm³/mol. The topological polar surface area (TPSA) is 70.2 Å². The number of piperidine rings is 1. The number of rotatable bonds is 5. The summed E-state index contributed by atoms with van der Waals surface area (Å²) >= 11 is 0. The maximum absolute atomic E-state index is 11.6. The van der Waals surface area contributed by atoms with Crippen LogP contribution in [-0.2, 0) is 9.59 Å². The van der Waals surface area contributed by atoms with Gasteiger partial charge in [-0.1, -0.05) is 6.92 Å². The zero-order valence-electron chi connectivity index (χ0n) is 11.0. The quantitative estimate of drug-likeness (QED) is 0.706. The van der Waals surface area contributed by atoms with Gasteiger partial charge in [0.1, 0.15) is 6.04 Å². The Morgan fingerprint density at radius 2 is 1.89 bits per heavy atom. The molecule has 2 amide bonds. The minimum atomic E-state index is -0.327. The monoisotopic (exact) mass is 261 g/mol. The smallest absolute Gasteiger partial charge is 0.249 e. The fourth-order valence-corrected chi connectivity index (χ4v) is 1.99. The molecule has 1 aromatic rings. The second-order valence-electron chi connectivity index (χ2n) is 4.65. The maximum Gasteiger partial charge on any atom is 0.249 e. The number of anilines is 2. The molecular formula is C14H19N3O2. The molecule has 1 heterocycles. The van der Waals surface area contributed by atoms with Crippen molar-refractivity contribution in [2.45, 2.75) is 32.2 Å². The van der Waals surface area contributed by atoms with Crippen molar-refractivity contribution >= 4 is 23.2 Å². The van der Waals surface area contributed by atoms with Crippen molar-refractivity contribution in [1.82, 2.24) is 5.32 Å². The van der Waals surface area contributed by atoms with Gasteiger partial charge in [0.05, 0.1) is 0 Å². The van der Waals surface area contributed by atoms with Gasteiger partial charge in [0, 0.05) is 24.3 Å². The fraction of sp³-hybridized carbons (Fsp3) is 0.429. The Bertz CT molecular complexity index is 456. The number of carbonyl (C=O) groups excluding carboxylic acids is 2. The maximum atomic E-state index is 11.6. The van der Waals surface area contributed by atoms with Gasteiger partial charge in [0.2, 0.25) is 11.8 Å². The molecule has 1 saturated heterocycles. The average molecular weight is 261 g/mol. The Kier molecular flexibility index (Phi) is 4.39. The minimum Gasteiger partial charge on any atom is -0.385 e. The van der Waals surface area contributed by atoms with Crippen LogP contribution in [-0.4, -0.2) is 24.4 Å². The van der Waals surface area contributed by atoms with Crippen LogP contribution in [0.15, 0.2) is 24.3 Å². The summed E-state index contributed by atoms with van der Waals surface area (Å²) in [6, 6.07) is 7.49. The van der Waals surface area contributed by atoms with Crippen LogP contribution in [0, 0.1) is 0 Å². The first-order chi connectivity index (χ1) is 9.19. The molecule has 1 unspecified atom stereocenters. The number of hydrogen-bond acceptors (Lipinski definition) is 4. The largest absolute Gasteiger partial charge is 0.385 e. The lowest BCUT2D eigenvalue weighted by molar-refractivity contribution is -0.133. The van der Waals surface area contributed by atoms with E-state index < -0.39 is 0 Å². The molecule has 1 fully saturated rings. The van der Waals surface area contributed by atoms with E-state index >= 15 is 0 Å². The number of benzene rings is 1. The molecular weight excluding hydrogens is 242 g/mol. The van der Waals surface area contributed by atoms with Gasteiger partial charge in [-0.3, -0.25) is 14.9 Å². The number of hydrogen-bond donors (Lipinski definition) is 3. The normalized spacial score (nSPS) is 18.9. The molecule has 0 spiro atoms. The minimum absolute atomic E-state index is 0.192. The summed E-state index contributed by atoms with van der Waals surface area (Å²) in [5.74, 6) is -0.438. The standard InChI is InChI=1S/C14H19N3O2/c1-2-9-15-10-3-5-11(6-4-10)16-12-7-8-13(18)17-14(12)19/h3-6,12,15-16H,2,7-9H2,1H3,(H,17,18,19). The number of nitrogens with one attached hydrogen (secondary N) is 3. The second kappa shape index (κ2) is 6.22. The Morgan fingerprint density at radius 1 is 1.21 bits per heavy atom. The third-order valence-electron chi connectivity index (χ3n) is 3.04. The van der Waals surface area contributed by atoms with Crippen molar-refractivity contribution in [2.24, 2.45) is 0 Å². The van der Waals surface area contributed by atoms with Gasteiger partial charge < -0.3 is 10.6 Å². The van der Waals surface area contributed by atoms with Gasteiger partial charge >= 0.3 is 0 Å². The van der Waals surface area contributed by atoms with Gasteiger partial charge in [0.15, 0.2) is 0 Å². The van der Waals surface area contributed by atoms with Crippen LogP contribution in [0.3, 0.4) is 0 Å². The summed E-state index contributed by atoms with van der Waals surface area (Å²) in [6.07, 6.45) is 2.01. The predicted octanol–water partition coefficient (Wildman–Crippen LogP) is 1.73. The summed E-state index contributed by atoms with van der Waals surface area (Å²) < 4.78 is 0. The summed E-state index contributed by atoms with van der Waals surface area (Å²) in [5, 5.41) is 8.77. The Balaban J connectivity index is 1.92. The summed E-state index contributed by atoms with van der Waals surface area (Å²) in [6.45, 7) is 3.06. The lowest BCUT2D eigenvalue weighted by atomic mass is 10.1. The van der Waals surface area contributed by atoms with E-state index in [0.29, 0.717) is 12.8 Å². The van der Waals surface area contributed by atoms with E-state index in [2.05, 4.69) is 22.9 Å². The van der Waals surface area contributed by atoms with Crippen LogP contribution >= 0.6 is 0 Å². The van der Waals surface area contributed by atoms with Crippen LogP contribution in [0.25, 0.3) is 0 Å². The van der Waals surface area contributed by atoms with Crippen LogP contribution in [0.2, 0.25) is 0 Å². The highest BCUT2D eigenvalue weighted by Crippen LogP contribution is 2.17. The molecule has 0 aliphatic carbocycles. The van der Waals surface area contributed by atoms with Gasteiger partial charge in [-0.2, -0.15) is 0 Å². The molecule has 5 nitrogen and oxygen atoms in total. The molecule has 1 aromatic carbocycles. The molecule has 19 heavy (non-hydrogen) atoms. The lowest BCUT2D eigenvalue weighted by Gasteiger charge is -2.22. The second-order valence-corrected chi connectivity index (χ2v) is 4.65. The van der Waals surface area contributed by atoms with E-state index in [1.807, 2.05) is 24.3 Å². The molecule has 0 radical (unpaired) electrons. The van der Waals surface area contributed by atoms with Gasteiger partial charge in [-0.15, -0.1) is 0 Å². The van der Waals surface area contributed by atoms with E-state index in [-0.39, 0.29) is 17.9 Å². The highest BCUT2D eigenvalue weighted by Gasteiger charge is 2.26. The van der Waals surface area contributed by atoms with Crippen molar-refractivity contribution in [1.29, 1.82) is 0 Å². The first-order valence-corrected chi connectivity index (χ1v) is 6.63. The van der Waals surface area contributed by atoms with Gasteiger partial charge in [0.25, 0.3) is 0 Å². The molecule has 0 bridgehead atoms. The zero-order valence-corrected chi connectivity index (χ0v) is 11.0. The van der Waals surface area contributed by atoms with Crippen LogP contribution < -0.4 is 16.0 Å². The summed E-state index contributed by atoms with van der Waals surface area (Å²) in [4.78, 5) is 22.7. The highest BCUT2D eigenvalue weighted by molar-refractivity contribution is 6.01. The molecule has 2 rings (SSSR count). The van der Waals surface area contributed by atoms with Gasteiger partial charge in [-0.25, -0.2) is 0 Å². The molecule has 5 heteroatoms. The number of carbonyl (C=O) groups is 2. The molecule has 1 atom stereocenters. The number of imide groups is 1. The Labute approximate surface area is 112 Å². The van der Waals surface area contributed by atoms with Crippen molar-refractivity contribution < 1.29 is 9.59 Å². The van der Waals surface area contributed by atoms with E-state index in [4.69, 9.17) is 0 Å². The zero-order chi connectivity index (χ0) is 13.7. The fourth-order valence-electron chi connectivity index (χ4n) is 1.99. The van der Waals surface area contributed by atoms with Crippen molar-refractivity contribution in [3.63, 3.8) is 0 Å². The SMILES string of the molecule is CCCNc1ccc(NC2CCC(=O)NC2=O)cc1. The molecule has 3 N–H and O–H groups in total. The van der Waals surface area contributed by atoms with E-state index in [0.717, 1.165) is 24.3 Å². The van der Waals surface area contributed by atoms with E-state index in [1.165, 1.54) is 0 Å². The Morgan fingerprint density at radius 3 is 2.53 bits per heavy atom. The third kappa shape index (κ3) is 3.71. The van der Waals surface area contributed by atoms with Crippen LogP contribution in [0.5, 0.6) is 0 Å². The van der Waals surface area contributed by atoms with Crippen molar-refractivity contribution in [2.75, 3.05) is 17.2 Å². The molecule has 0 saturated carbocycles. The Hall–Kier alpha value is -2.04. The highest BCUT2D eigenvalue weighted by atomic mass is 16.2. The molecule has 1 aliphatic rings. The summed E-state index contributed by atoms with van der Waals surface area (Å²) in [7, 11) is 0. The molecule has 0 aromatic heterocycles. The van der Waals surface area contributed by atoms with Crippen molar-refractivity contribution in [3.05, 3.63) is 24.3 Å². The summed E-state index contributed by atoms with van der Waals surface area (Å²) in [5.41, 5.74) is 1.95. The lowest BCUT2D eigenvalue weighted by Crippen LogP contribution is -2.47. The van der Waals surface area contributed by atoms with Crippen LogP contribution in [0.4, 0.5) is 11.4 Å². The first kappa shape index (κ1) is 13.4. The van der Waals surface area contributed by atoms with Crippen LogP contribution in [0.1, 0.15) is 26.2 Å². The van der Waals surface area contributed by atoms with Gasteiger partial charge in [-0.05, 0) is 37.1 Å². The average Bonchev–Trinajstić information content (AvgIpc) is 2.41.